The Balaban J connectivity index is 1.48. The molecule has 0 saturated heterocycles. The number of aromatic nitrogens is 3. The van der Waals surface area contributed by atoms with Crippen LogP contribution in [0.5, 0.6) is 0 Å². The Bertz CT molecular complexity index is 1160. The van der Waals surface area contributed by atoms with Gasteiger partial charge in [-0.3, -0.25) is 9.69 Å². The molecule has 3 aromatic carbocycles. The van der Waals surface area contributed by atoms with Crippen LogP contribution < -0.4 is 10.2 Å². The molecule has 0 aliphatic rings. The Labute approximate surface area is 202 Å². The third kappa shape index (κ3) is 5.56. The van der Waals surface area contributed by atoms with Crippen LogP contribution in [0.3, 0.4) is 0 Å². The minimum atomic E-state index is -0.370. The molecular weight excluding hydrogens is 454 g/mol. The number of benzene rings is 3. The zero-order valence-electron chi connectivity index (χ0n) is 18.4. The van der Waals surface area contributed by atoms with E-state index in [0.29, 0.717) is 16.7 Å². The fourth-order valence-corrected chi connectivity index (χ4v) is 4.30. The molecule has 0 spiro atoms. The van der Waals surface area contributed by atoms with Gasteiger partial charge in [-0.1, -0.05) is 59.8 Å². The molecule has 0 saturated carbocycles. The summed E-state index contributed by atoms with van der Waals surface area (Å²) in [7, 11) is 1.91. The lowest BCUT2D eigenvalue weighted by atomic mass is 10.2. The van der Waals surface area contributed by atoms with E-state index in [1.165, 1.54) is 11.8 Å². The molecule has 1 atom stereocenters. The number of hydrogen-bond acceptors (Lipinski definition) is 5. The van der Waals surface area contributed by atoms with Crippen LogP contribution in [0.2, 0.25) is 5.02 Å². The van der Waals surface area contributed by atoms with Crippen molar-refractivity contribution in [3.8, 4) is 0 Å². The van der Waals surface area contributed by atoms with Gasteiger partial charge in [-0.2, -0.15) is 0 Å². The molecule has 0 radical (unpaired) electrons. The fourth-order valence-electron chi connectivity index (χ4n) is 3.30. The largest absolute Gasteiger partial charge is 0.378 e. The van der Waals surface area contributed by atoms with E-state index in [0.717, 1.165) is 22.9 Å². The SMILES string of the molecule is C[C@H](Sc1nnc(CNc2ccc(Cl)cc2)n1C)C(=O)N(c1ccccc1)c1ccccc1. The number of rotatable bonds is 8. The van der Waals surface area contributed by atoms with E-state index in [1.807, 2.05) is 103 Å². The second-order valence-electron chi connectivity index (χ2n) is 7.42. The lowest BCUT2D eigenvalue weighted by Crippen LogP contribution is -2.33. The molecule has 1 aromatic heterocycles. The summed E-state index contributed by atoms with van der Waals surface area (Å²) in [6.07, 6.45) is 0. The van der Waals surface area contributed by atoms with E-state index >= 15 is 0 Å². The summed E-state index contributed by atoms with van der Waals surface area (Å²) < 4.78 is 1.91. The predicted molar refractivity (Wildman–Crippen MR) is 135 cm³/mol. The average Bonchev–Trinajstić information content (AvgIpc) is 3.19. The number of para-hydroxylation sites is 2. The molecule has 0 fully saturated rings. The molecule has 1 heterocycles. The summed E-state index contributed by atoms with van der Waals surface area (Å²) in [4.78, 5) is 15.3. The average molecular weight is 478 g/mol. The third-order valence-corrected chi connectivity index (χ3v) is 6.47. The zero-order chi connectivity index (χ0) is 23.2. The van der Waals surface area contributed by atoms with Gasteiger partial charge in [0.25, 0.3) is 0 Å². The molecule has 0 bridgehead atoms. The maximum Gasteiger partial charge on any atom is 0.244 e. The maximum absolute atomic E-state index is 13.5. The van der Waals surface area contributed by atoms with Gasteiger partial charge in [-0.05, 0) is 55.5 Å². The third-order valence-electron chi connectivity index (χ3n) is 5.10. The number of halogens is 1. The normalized spacial score (nSPS) is 11.7. The van der Waals surface area contributed by atoms with Gasteiger partial charge in [0.15, 0.2) is 11.0 Å². The molecule has 4 rings (SSSR count). The smallest absolute Gasteiger partial charge is 0.244 e. The van der Waals surface area contributed by atoms with Crippen LogP contribution in [0.4, 0.5) is 17.1 Å². The van der Waals surface area contributed by atoms with Crippen LogP contribution in [0, 0.1) is 0 Å². The number of carbonyl (C=O) groups is 1. The Hall–Kier alpha value is -3.29. The van der Waals surface area contributed by atoms with E-state index in [4.69, 9.17) is 11.6 Å². The van der Waals surface area contributed by atoms with Gasteiger partial charge in [-0.25, -0.2) is 0 Å². The van der Waals surface area contributed by atoms with E-state index in [-0.39, 0.29) is 11.2 Å². The van der Waals surface area contributed by atoms with E-state index in [1.54, 1.807) is 4.90 Å². The van der Waals surface area contributed by atoms with Crippen molar-refractivity contribution in [2.75, 3.05) is 10.2 Å². The highest BCUT2D eigenvalue weighted by Gasteiger charge is 2.26. The summed E-state index contributed by atoms with van der Waals surface area (Å²) in [5.41, 5.74) is 2.60. The van der Waals surface area contributed by atoms with Crippen molar-refractivity contribution in [1.29, 1.82) is 0 Å². The van der Waals surface area contributed by atoms with Crippen LogP contribution in [0.1, 0.15) is 12.7 Å². The number of nitrogens with one attached hydrogen (secondary N) is 1. The first-order valence-electron chi connectivity index (χ1n) is 10.5. The molecule has 0 unspecified atom stereocenters. The van der Waals surface area contributed by atoms with Gasteiger partial charge in [0.2, 0.25) is 5.91 Å². The Morgan fingerprint density at radius 1 is 0.970 bits per heavy atom. The molecular formula is C25H24ClN5OS. The minimum absolute atomic E-state index is 0.0266. The Kier molecular flexibility index (Phi) is 7.32. The number of hydrogen-bond donors (Lipinski definition) is 1. The number of anilines is 3. The molecule has 4 aromatic rings. The van der Waals surface area contributed by atoms with E-state index in [9.17, 15) is 4.79 Å². The first-order chi connectivity index (χ1) is 16.0. The first kappa shape index (κ1) is 22.9. The monoisotopic (exact) mass is 477 g/mol. The molecule has 168 valence electrons. The lowest BCUT2D eigenvalue weighted by Gasteiger charge is -2.25. The van der Waals surface area contributed by atoms with Gasteiger partial charge < -0.3 is 9.88 Å². The van der Waals surface area contributed by atoms with Crippen LogP contribution in [-0.4, -0.2) is 25.9 Å². The van der Waals surface area contributed by atoms with E-state index < -0.39 is 0 Å². The highest BCUT2D eigenvalue weighted by Crippen LogP contribution is 2.30. The van der Waals surface area contributed by atoms with Crippen LogP contribution >= 0.6 is 23.4 Å². The van der Waals surface area contributed by atoms with Gasteiger partial charge in [0.05, 0.1) is 11.8 Å². The van der Waals surface area contributed by atoms with Crippen LogP contribution in [0.15, 0.2) is 90.1 Å². The number of carbonyl (C=O) groups excluding carboxylic acids is 1. The molecule has 0 aliphatic heterocycles. The van der Waals surface area contributed by atoms with Crippen molar-refractivity contribution < 1.29 is 4.79 Å². The summed E-state index contributed by atoms with van der Waals surface area (Å²) in [5.74, 6) is 0.747. The predicted octanol–water partition coefficient (Wildman–Crippen LogP) is 5.93. The molecule has 1 N–H and O–H groups in total. The van der Waals surface area contributed by atoms with Gasteiger partial charge >= 0.3 is 0 Å². The second kappa shape index (κ2) is 10.6. The van der Waals surface area contributed by atoms with Gasteiger partial charge in [-0.15, -0.1) is 10.2 Å². The minimum Gasteiger partial charge on any atom is -0.378 e. The standard InChI is InChI=1S/C25H24ClN5OS/c1-18(24(32)31(21-9-5-3-6-10-21)22-11-7-4-8-12-22)33-25-29-28-23(30(25)2)17-27-20-15-13-19(26)14-16-20/h3-16,18,27H,17H2,1-2H3/t18-/m0/s1. The van der Waals surface area contributed by atoms with E-state index in [2.05, 4.69) is 15.5 Å². The second-order valence-corrected chi connectivity index (χ2v) is 9.17. The van der Waals surface area contributed by atoms with Gasteiger partial charge in [0, 0.05) is 29.1 Å². The zero-order valence-corrected chi connectivity index (χ0v) is 19.9. The molecule has 0 aliphatic carbocycles. The molecule has 6 nitrogen and oxygen atoms in total. The first-order valence-corrected chi connectivity index (χ1v) is 11.8. The van der Waals surface area contributed by atoms with Crippen molar-refractivity contribution in [1.82, 2.24) is 14.8 Å². The van der Waals surface area contributed by atoms with Crippen molar-refractivity contribution in [3.05, 3.63) is 95.8 Å². The van der Waals surface area contributed by atoms with Crippen LogP contribution in [-0.2, 0) is 18.4 Å². The quantitative estimate of drug-likeness (QED) is 0.319. The van der Waals surface area contributed by atoms with Gasteiger partial charge in [0.1, 0.15) is 0 Å². The number of nitrogens with zero attached hydrogens (tertiary/aromatic N) is 4. The van der Waals surface area contributed by atoms with Crippen molar-refractivity contribution in [2.24, 2.45) is 7.05 Å². The summed E-state index contributed by atoms with van der Waals surface area (Å²) in [6, 6.07) is 26.8. The Morgan fingerprint density at radius 3 is 2.12 bits per heavy atom. The fraction of sp³-hybridized carbons (Fsp3) is 0.160. The maximum atomic E-state index is 13.5. The summed E-state index contributed by atoms with van der Waals surface area (Å²) >= 11 is 7.34. The summed E-state index contributed by atoms with van der Waals surface area (Å²) in [5, 5.41) is 12.9. The highest BCUT2D eigenvalue weighted by molar-refractivity contribution is 8.00. The topological polar surface area (TPSA) is 63.1 Å². The van der Waals surface area contributed by atoms with Crippen molar-refractivity contribution >= 4 is 46.3 Å². The molecule has 8 heteroatoms. The lowest BCUT2D eigenvalue weighted by molar-refractivity contribution is -0.117. The summed E-state index contributed by atoms with van der Waals surface area (Å²) in [6.45, 7) is 2.40. The Morgan fingerprint density at radius 2 is 1.55 bits per heavy atom. The van der Waals surface area contributed by atoms with Crippen molar-refractivity contribution in [2.45, 2.75) is 23.9 Å². The number of amides is 1. The number of thioether (sulfide) groups is 1. The van der Waals surface area contributed by atoms with Crippen molar-refractivity contribution in [3.63, 3.8) is 0 Å². The highest BCUT2D eigenvalue weighted by atomic mass is 35.5. The molecule has 33 heavy (non-hydrogen) atoms. The van der Waals surface area contributed by atoms with Crippen LogP contribution in [0.25, 0.3) is 0 Å². The molecule has 1 amide bonds.